The van der Waals surface area contributed by atoms with Crippen molar-refractivity contribution in [3.05, 3.63) is 0 Å². The van der Waals surface area contributed by atoms with Gasteiger partial charge in [0.1, 0.15) is 41.8 Å². The van der Waals surface area contributed by atoms with E-state index in [0.29, 0.717) is 30.6 Å². The second kappa shape index (κ2) is 34.5. The van der Waals surface area contributed by atoms with E-state index in [1.165, 1.54) is 57.0 Å². The summed E-state index contributed by atoms with van der Waals surface area (Å²) in [4.78, 5) is 169. The summed E-state index contributed by atoms with van der Waals surface area (Å²) in [6.45, 7) is 8.73. The minimum absolute atomic E-state index is 0.00391. The second-order valence-electron chi connectivity index (χ2n) is 29.3. The van der Waals surface area contributed by atoms with E-state index in [2.05, 4.69) is 16.0 Å². The van der Waals surface area contributed by atoms with E-state index in [1.807, 2.05) is 13.8 Å². The number of amides is 11. The lowest BCUT2D eigenvalue weighted by molar-refractivity contribution is -0.184. The number of rotatable bonds is 11. The van der Waals surface area contributed by atoms with E-state index >= 15 is 18.4 Å². The van der Waals surface area contributed by atoms with Gasteiger partial charge in [-0.05, 0) is 120 Å². The molecule has 0 aromatic carbocycles. The Morgan fingerprint density at radius 2 is 1.15 bits per heavy atom. The van der Waals surface area contributed by atoms with Gasteiger partial charge in [-0.25, -0.2) is 8.78 Å². The minimum Gasteiger partial charge on any atom is -0.343 e. The number of carbonyl (C=O) groups is 11. The zero-order valence-corrected chi connectivity index (χ0v) is 60.1. The number of nitrogens with one attached hydrogen (secondary N) is 3. The predicted octanol–water partition coefficient (Wildman–Crippen LogP) is 6.99. The highest BCUT2D eigenvalue weighted by Gasteiger charge is 2.55. The third kappa shape index (κ3) is 21.0. The molecule has 3 N–H and O–H groups in total. The molecule has 12 atom stereocenters. The van der Waals surface area contributed by atoms with Crippen LogP contribution in [0.5, 0.6) is 0 Å². The lowest BCUT2D eigenvalue weighted by Gasteiger charge is -2.41. The van der Waals surface area contributed by atoms with Crippen molar-refractivity contribution in [2.75, 3.05) is 75.5 Å². The van der Waals surface area contributed by atoms with E-state index in [1.54, 1.807) is 34.6 Å². The summed E-state index contributed by atoms with van der Waals surface area (Å²) in [6, 6.07) is -9.70. The fourth-order valence-corrected chi connectivity index (χ4v) is 15.1. The molecule has 3 unspecified atom stereocenters. The van der Waals surface area contributed by atoms with Crippen molar-refractivity contribution >= 4 is 76.6 Å². The Balaban J connectivity index is 1.60. The van der Waals surface area contributed by atoms with Gasteiger partial charge >= 0.3 is 12.4 Å². The molecule has 1 spiro atoms. The average molecular weight is 1430 g/mol. The summed E-state index contributed by atoms with van der Waals surface area (Å²) >= 11 is 6.30. The van der Waals surface area contributed by atoms with Crippen LogP contribution < -0.4 is 16.0 Å². The molecule has 0 aromatic heterocycles. The zero-order chi connectivity index (χ0) is 74.0. The number of fused-ring (bicyclic) bond motifs is 1. The Morgan fingerprint density at radius 3 is 1.70 bits per heavy atom. The van der Waals surface area contributed by atoms with E-state index in [4.69, 9.17) is 11.6 Å². The number of carbonyl (C=O) groups excluding carboxylic acids is 11. The standard InChI is InChI=1S/C67H106ClF8N11O11/c1-15-39(5)55-61(96)82(10)35-53(90)80(8)36-54(91)85(13)49(32-43-19-23-44(24-20-43)66(71,72)73)60(95)81(9)34-51(88)77-47(26-22-42-21-25-45(46(68)31-42)67(74,75)76)59(94)87-37-65(69,70)33-50(87)58(93)79-64(27-17-18-28-64)63(98)86(14)56(40(6)16-2)62(97)83(11)41(7)30-52(89)84(12)48(29-38(3)4)57(92)78-55/h38-50,55-56H,15-37H2,1-14H3,(H,77,88)(H,78,92)(H,79,93)/t39-,40-,41+,42?,43?,44?,45?,46?,47-,48-,49-,50-,55-,56-/m0/s1. The smallest absolute Gasteiger partial charge is 0.343 e. The fourth-order valence-electron chi connectivity index (χ4n) is 14.6. The van der Waals surface area contributed by atoms with Crippen LogP contribution in [0.25, 0.3) is 0 Å². The predicted molar refractivity (Wildman–Crippen MR) is 348 cm³/mol. The Labute approximate surface area is 576 Å². The van der Waals surface area contributed by atoms with Crippen molar-refractivity contribution in [3.8, 4) is 0 Å². The number of nitrogens with zero attached hydrogens (tertiary/aromatic N) is 8. The molecule has 31 heteroatoms. The van der Waals surface area contributed by atoms with Crippen molar-refractivity contribution in [2.45, 2.75) is 242 Å². The Kier molecular flexibility index (Phi) is 29.1. The third-order valence-electron chi connectivity index (χ3n) is 21.5. The van der Waals surface area contributed by atoms with Gasteiger partial charge in [-0.1, -0.05) is 67.2 Å². The number of hydrogen-bond donors (Lipinski definition) is 3. The summed E-state index contributed by atoms with van der Waals surface area (Å²) in [5.74, 6) is -18.8. The van der Waals surface area contributed by atoms with E-state index in [9.17, 15) is 69.5 Å². The molecule has 5 rings (SSSR count). The van der Waals surface area contributed by atoms with Crippen molar-refractivity contribution < 1.29 is 87.9 Å². The monoisotopic (exact) mass is 1430 g/mol. The Hall–Kier alpha value is -6.10. The molecule has 558 valence electrons. The highest BCUT2D eigenvalue weighted by atomic mass is 35.5. The van der Waals surface area contributed by atoms with Crippen LogP contribution in [0.4, 0.5) is 35.1 Å². The van der Waals surface area contributed by atoms with Crippen molar-refractivity contribution in [1.82, 2.24) is 55.1 Å². The van der Waals surface area contributed by atoms with Crippen LogP contribution in [0.1, 0.15) is 170 Å². The van der Waals surface area contributed by atoms with Gasteiger partial charge in [0.25, 0.3) is 5.92 Å². The zero-order valence-electron chi connectivity index (χ0n) is 59.4. The molecule has 3 aliphatic carbocycles. The van der Waals surface area contributed by atoms with Crippen LogP contribution in [-0.4, -0.2) is 251 Å². The molecule has 0 radical (unpaired) electrons. The van der Waals surface area contributed by atoms with Crippen LogP contribution in [0, 0.1) is 41.4 Å². The lowest BCUT2D eigenvalue weighted by Crippen LogP contribution is -2.64. The van der Waals surface area contributed by atoms with Gasteiger partial charge in [-0.3, -0.25) is 52.7 Å². The first-order valence-electron chi connectivity index (χ1n) is 34.6. The normalized spacial score (nSPS) is 30.8. The molecule has 2 aliphatic heterocycles. The van der Waals surface area contributed by atoms with Crippen LogP contribution in [0.3, 0.4) is 0 Å². The number of halogens is 9. The first-order valence-corrected chi connectivity index (χ1v) is 35.0. The summed E-state index contributed by atoms with van der Waals surface area (Å²) in [7, 11) is 9.22. The van der Waals surface area contributed by atoms with Gasteiger partial charge in [0.05, 0.1) is 38.0 Å². The van der Waals surface area contributed by atoms with Gasteiger partial charge in [0.2, 0.25) is 65.0 Å². The SMILES string of the molecule is CC[C@H](C)[C@@H]1NC(=O)[C@H](CC(C)C)N(C)C(=O)C[C@@H](C)N(C)C(=O)[C@H]([C@@H](C)CC)N(C)C(=O)C2(CCCC2)NC(=O)[C@@H]2CC(F)(F)CN2C(=O)[C@H](CCC2CCC(C(F)(F)F)C(Cl)C2)NC(=O)CN(C)C(=O)[C@H](CC2CCC(C(F)(F)F)CC2)N(C)C(=O)CN(C)C(=O)CN(C)C1=O. The average Bonchev–Trinajstić information content (AvgIpc) is 1.43. The molecular formula is C67H106ClF8N11O11. The third-order valence-corrected chi connectivity index (χ3v) is 22.0. The summed E-state index contributed by atoms with van der Waals surface area (Å²) < 4.78 is 116. The molecule has 22 nitrogen and oxygen atoms in total. The highest BCUT2D eigenvalue weighted by molar-refractivity contribution is 6.20. The van der Waals surface area contributed by atoms with Crippen LogP contribution in [-0.2, 0) is 52.7 Å². The Bertz CT molecular complexity index is 2840. The summed E-state index contributed by atoms with van der Waals surface area (Å²) in [6.07, 6.45) is -10.9. The summed E-state index contributed by atoms with van der Waals surface area (Å²) in [5.41, 5.74) is -1.80. The van der Waals surface area contributed by atoms with E-state index < -0.39 is 205 Å². The molecule has 98 heavy (non-hydrogen) atoms. The first-order chi connectivity index (χ1) is 45.4. The largest absolute Gasteiger partial charge is 0.393 e. The van der Waals surface area contributed by atoms with E-state index in [-0.39, 0.29) is 95.8 Å². The molecule has 2 heterocycles. The van der Waals surface area contributed by atoms with Gasteiger partial charge in [0, 0.05) is 73.6 Å². The lowest BCUT2D eigenvalue weighted by atomic mass is 9.78. The van der Waals surface area contributed by atoms with Crippen LogP contribution >= 0.6 is 11.6 Å². The summed E-state index contributed by atoms with van der Waals surface area (Å²) in [5, 5.41) is 6.71. The molecule has 0 aromatic rings. The van der Waals surface area contributed by atoms with E-state index in [0.717, 1.165) is 26.6 Å². The molecule has 11 amide bonds. The van der Waals surface area contributed by atoms with Gasteiger partial charge in [-0.15, -0.1) is 11.6 Å². The molecule has 3 saturated carbocycles. The maximum absolute atomic E-state index is 16.0. The molecule has 5 fully saturated rings. The second-order valence-corrected chi connectivity index (χ2v) is 29.8. The maximum Gasteiger partial charge on any atom is 0.393 e. The van der Waals surface area contributed by atoms with Gasteiger partial charge in [0.15, 0.2) is 0 Å². The first kappa shape index (κ1) is 82.6. The van der Waals surface area contributed by atoms with Gasteiger partial charge < -0.3 is 55.1 Å². The number of hydrogen-bond acceptors (Lipinski definition) is 11. The molecule has 2 saturated heterocycles. The van der Waals surface area contributed by atoms with Crippen molar-refractivity contribution in [2.24, 2.45) is 41.4 Å². The minimum atomic E-state index is -4.62. The van der Waals surface area contributed by atoms with Crippen molar-refractivity contribution in [1.29, 1.82) is 0 Å². The topological polar surface area (TPSA) is 250 Å². The van der Waals surface area contributed by atoms with Crippen LogP contribution in [0.2, 0.25) is 0 Å². The number of alkyl halides is 9. The van der Waals surface area contributed by atoms with Crippen molar-refractivity contribution in [3.63, 3.8) is 0 Å². The maximum atomic E-state index is 16.0. The molecule has 5 aliphatic rings. The molecule has 0 bridgehead atoms. The molecular weight excluding hydrogens is 1320 g/mol. The highest BCUT2D eigenvalue weighted by Crippen LogP contribution is 2.45. The quantitative estimate of drug-likeness (QED) is 0.140. The number of likely N-dealkylation sites (N-methyl/N-ethyl adjacent to an activating group) is 7. The Morgan fingerprint density at radius 1 is 0.592 bits per heavy atom. The van der Waals surface area contributed by atoms with Crippen LogP contribution in [0.15, 0.2) is 0 Å². The van der Waals surface area contributed by atoms with Gasteiger partial charge in [-0.2, -0.15) is 26.3 Å². The fraction of sp³-hybridized carbons (Fsp3) is 0.836.